The first-order valence-electron chi connectivity index (χ1n) is 10.3. The molecule has 0 spiro atoms. The maximum absolute atomic E-state index is 14.3. The van der Waals surface area contributed by atoms with Gasteiger partial charge >= 0.3 is 0 Å². The van der Waals surface area contributed by atoms with Gasteiger partial charge in [-0.25, -0.2) is 9.37 Å². The van der Waals surface area contributed by atoms with E-state index >= 15 is 0 Å². The van der Waals surface area contributed by atoms with Gasteiger partial charge in [0.05, 0.1) is 18.4 Å². The molecule has 1 fully saturated rings. The molecule has 0 atom stereocenters. The van der Waals surface area contributed by atoms with Crippen molar-refractivity contribution >= 4 is 11.5 Å². The number of oxazole rings is 1. The Morgan fingerprint density at radius 3 is 2.48 bits per heavy atom. The molecule has 0 amide bonds. The van der Waals surface area contributed by atoms with Crippen LogP contribution in [0.5, 0.6) is 5.75 Å². The number of carbonyl (C=O) groups excluding carboxylic acids is 1. The summed E-state index contributed by atoms with van der Waals surface area (Å²) in [4.78, 5) is 20.7. The monoisotopic (exact) mass is 423 g/mol. The van der Waals surface area contributed by atoms with Gasteiger partial charge in [-0.1, -0.05) is 0 Å². The molecular weight excluding hydrogens is 397 g/mol. The van der Waals surface area contributed by atoms with Gasteiger partial charge < -0.3 is 14.1 Å². The van der Waals surface area contributed by atoms with Crippen LogP contribution in [0.3, 0.4) is 0 Å². The first kappa shape index (κ1) is 21.1. The average molecular weight is 423 g/mol. The molecule has 0 aliphatic carbocycles. The Kier molecular flexibility index (Phi) is 6.04. The Labute approximate surface area is 181 Å². The maximum Gasteiger partial charge on any atom is 0.229 e. The fourth-order valence-electron chi connectivity index (χ4n) is 3.77. The van der Waals surface area contributed by atoms with Crippen molar-refractivity contribution in [2.24, 2.45) is 0 Å². The number of hydrogen-bond donors (Lipinski definition) is 0. The van der Waals surface area contributed by atoms with E-state index in [2.05, 4.69) is 14.8 Å². The number of aromatic nitrogens is 1. The molecule has 3 aromatic rings. The highest BCUT2D eigenvalue weighted by atomic mass is 19.1. The van der Waals surface area contributed by atoms with Crippen LogP contribution in [-0.2, 0) is 6.54 Å². The number of aryl methyl sites for hydroxylation is 1. The lowest BCUT2D eigenvalue weighted by molar-refractivity contribution is 0.101. The molecule has 4 rings (SSSR count). The third-order valence-corrected chi connectivity index (χ3v) is 5.68. The number of carbonyl (C=O) groups is 1. The summed E-state index contributed by atoms with van der Waals surface area (Å²) in [6, 6.07) is 12.3. The van der Waals surface area contributed by atoms with Crippen LogP contribution in [0.2, 0.25) is 0 Å². The van der Waals surface area contributed by atoms with Gasteiger partial charge in [-0.05, 0) is 56.3 Å². The summed E-state index contributed by atoms with van der Waals surface area (Å²) in [5, 5.41) is 0. The zero-order chi connectivity index (χ0) is 22.0. The van der Waals surface area contributed by atoms with Gasteiger partial charge in [0.2, 0.25) is 5.89 Å². The molecular formula is C24H26FN3O3. The van der Waals surface area contributed by atoms with Crippen molar-refractivity contribution in [2.75, 3.05) is 38.2 Å². The highest BCUT2D eigenvalue weighted by molar-refractivity contribution is 5.94. The largest absolute Gasteiger partial charge is 0.497 e. The van der Waals surface area contributed by atoms with Crippen LogP contribution in [0.1, 0.15) is 28.7 Å². The van der Waals surface area contributed by atoms with Crippen molar-refractivity contribution in [1.29, 1.82) is 0 Å². The number of halogens is 1. The van der Waals surface area contributed by atoms with Gasteiger partial charge in [0.1, 0.15) is 17.3 Å². The van der Waals surface area contributed by atoms with Crippen LogP contribution in [0.15, 0.2) is 46.9 Å². The number of ketones is 1. The molecule has 6 nitrogen and oxygen atoms in total. The lowest BCUT2D eigenvalue weighted by atomic mass is 10.1. The number of nitrogens with zero attached hydrogens (tertiary/aromatic N) is 3. The van der Waals surface area contributed by atoms with Crippen molar-refractivity contribution in [2.45, 2.75) is 20.4 Å². The Morgan fingerprint density at radius 2 is 1.84 bits per heavy atom. The smallest absolute Gasteiger partial charge is 0.229 e. The van der Waals surface area contributed by atoms with E-state index in [4.69, 9.17) is 9.15 Å². The fraction of sp³-hybridized carbons (Fsp3) is 0.333. The molecule has 7 heteroatoms. The number of rotatable bonds is 6. The Bertz CT molecular complexity index is 1070. The zero-order valence-electron chi connectivity index (χ0n) is 18.0. The van der Waals surface area contributed by atoms with E-state index in [9.17, 15) is 9.18 Å². The van der Waals surface area contributed by atoms with Crippen molar-refractivity contribution in [1.82, 2.24) is 9.88 Å². The first-order valence-corrected chi connectivity index (χ1v) is 10.3. The van der Waals surface area contributed by atoms with E-state index in [-0.39, 0.29) is 11.7 Å². The predicted octanol–water partition coefficient (Wildman–Crippen LogP) is 4.32. The van der Waals surface area contributed by atoms with E-state index < -0.39 is 5.82 Å². The molecule has 0 radical (unpaired) electrons. The van der Waals surface area contributed by atoms with Crippen molar-refractivity contribution in [3.8, 4) is 17.2 Å². The van der Waals surface area contributed by atoms with Gasteiger partial charge in [0, 0.05) is 44.0 Å². The quantitative estimate of drug-likeness (QED) is 0.551. The topological polar surface area (TPSA) is 58.8 Å². The summed E-state index contributed by atoms with van der Waals surface area (Å²) < 4.78 is 25.2. The standard InChI is InChI=1S/C24H26FN3O3/c1-16(29)18-4-6-19(7-5-18)28-12-10-27(11-13-28)15-23-17(2)31-24(26-23)21-14-20(30-3)8-9-22(21)25/h4-9,14H,10-13,15H2,1-3H3. The molecule has 162 valence electrons. The average Bonchev–Trinajstić information content (AvgIpc) is 3.14. The second-order valence-electron chi connectivity index (χ2n) is 7.73. The number of methoxy groups -OCH3 is 1. The second-order valence-corrected chi connectivity index (χ2v) is 7.73. The highest BCUT2D eigenvalue weighted by Crippen LogP contribution is 2.28. The van der Waals surface area contributed by atoms with E-state index in [1.54, 1.807) is 26.2 Å². The summed E-state index contributed by atoms with van der Waals surface area (Å²) in [6.45, 7) is 7.61. The third kappa shape index (κ3) is 4.61. The molecule has 2 heterocycles. The molecule has 1 aromatic heterocycles. The minimum atomic E-state index is -0.391. The summed E-state index contributed by atoms with van der Waals surface area (Å²) in [5.41, 5.74) is 2.97. The number of Topliss-reactive ketones (excluding diaryl/α,β-unsaturated/α-hetero) is 1. The van der Waals surface area contributed by atoms with Gasteiger partial charge in [-0.2, -0.15) is 0 Å². The van der Waals surface area contributed by atoms with Crippen molar-refractivity contribution < 1.29 is 18.3 Å². The van der Waals surface area contributed by atoms with Crippen molar-refractivity contribution in [3.63, 3.8) is 0 Å². The molecule has 0 unspecified atom stereocenters. The lowest BCUT2D eigenvalue weighted by Gasteiger charge is -2.35. The Hall–Kier alpha value is -3.19. The van der Waals surface area contributed by atoms with Gasteiger partial charge in [0.25, 0.3) is 0 Å². The van der Waals surface area contributed by atoms with E-state index in [0.29, 0.717) is 23.6 Å². The maximum atomic E-state index is 14.3. The van der Waals surface area contributed by atoms with Gasteiger partial charge in [-0.15, -0.1) is 0 Å². The van der Waals surface area contributed by atoms with E-state index in [1.807, 2.05) is 31.2 Å². The molecule has 2 aromatic carbocycles. The number of anilines is 1. The SMILES string of the molecule is COc1ccc(F)c(-c2nc(CN3CCN(c4ccc(C(C)=O)cc4)CC3)c(C)o2)c1. The van der Waals surface area contributed by atoms with E-state index in [1.165, 1.54) is 6.07 Å². The first-order chi connectivity index (χ1) is 14.9. The summed E-state index contributed by atoms with van der Waals surface area (Å²) in [5.74, 6) is 1.21. The predicted molar refractivity (Wildman–Crippen MR) is 117 cm³/mol. The minimum absolute atomic E-state index is 0.0764. The number of benzene rings is 2. The number of hydrogen-bond acceptors (Lipinski definition) is 6. The van der Waals surface area contributed by atoms with Crippen LogP contribution in [0.25, 0.3) is 11.5 Å². The molecule has 1 aliphatic heterocycles. The third-order valence-electron chi connectivity index (χ3n) is 5.68. The van der Waals surface area contributed by atoms with Crippen LogP contribution < -0.4 is 9.64 Å². The molecule has 31 heavy (non-hydrogen) atoms. The highest BCUT2D eigenvalue weighted by Gasteiger charge is 2.21. The summed E-state index contributed by atoms with van der Waals surface area (Å²) in [7, 11) is 1.54. The normalized spacial score (nSPS) is 14.6. The van der Waals surface area contributed by atoms with Gasteiger partial charge in [0.15, 0.2) is 5.78 Å². The van der Waals surface area contributed by atoms with Crippen LogP contribution in [-0.4, -0.2) is 49.0 Å². The summed E-state index contributed by atoms with van der Waals surface area (Å²) in [6.07, 6.45) is 0. The molecule has 0 bridgehead atoms. The zero-order valence-corrected chi connectivity index (χ0v) is 18.0. The molecule has 0 saturated carbocycles. The number of piperazine rings is 1. The molecule has 0 N–H and O–H groups in total. The fourth-order valence-corrected chi connectivity index (χ4v) is 3.77. The van der Waals surface area contributed by atoms with Gasteiger partial charge in [-0.3, -0.25) is 9.69 Å². The second kappa shape index (κ2) is 8.89. The van der Waals surface area contributed by atoms with Crippen LogP contribution in [0.4, 0.5) is 10.1 Å². The van der Waals surface area contributed by atoms with E-state index in [0.717, 1.165) is 43.1 Å². The summed E-state index contributed by atoms with van der Waals surface area (Å²) >= 11 is 0. The van der Waals surface area contributed by atoms with Crippen LogP contribution >= 0.6 is 0 Å². The minimum Gasteiger partial charge on any atom is -0.497 e. The van der Waals surface area contributed by atoms with Crippen molar-refractivity contribution in [3.05, 3.63) is 65.3 Å². The Balaban J connectivity index is 1.40. The van der Waals surface area contributed by atoms with Crippen LogP contribution in [0, 0.1) is 12.7 Å². The Morgan fingerprint density at radius 1 is 1.13 bits per heavy atom. The molecule has 1 saturated heterocycles. The molecule has 1 aliphatic rings. The number of ether oxygens (including phenoxy) is 1. The lowest BCUT2D eigenvalue weighted by Crippen LogP contribution is -2.46.